The van der Waals surface area contributed by atoms with Gasteiger partial charge in [-0.15, -0.1) is 16.4 Å². The number of benzene rings is 1. The maximum absolute atomic E-state index is 13.7. The molecule has 0 amide bonds. The van der Waals surface area contributed by atoms with Gasteiger partial charge in [-0.05, 0) is 30.7 Å². The Morgan fingerprint density at radius 2 is 1.94 bits per heavy atom. The Bertz CT molecular complexity index is 1390. The van der Waals surface area contributed by atoms with Crippen molar-refractivity contribution in [3.05, 3.63) is 45.1 Å². The second kappa shape index (κ2) is 7.79. The van der Waals surface area contributed by atoms with Crippen LogP contribution < -0.4 is 10.5 Å². The highest BCUT2D eigenvalue weighted by molar-refractivity contribution is 7.18. The normalized spacial score (nSPS) is 19.8. The number of anilines is 1. The number of nitrogens with zero attached hydrogens (tertiary/aromatic N) is 5. The zero-order chi connectivity index (χ0) is 21.8. The van der Waals surface area contributed by atoms with Crippen LogP contribution in [0.15, 0.2) is 29.1 Å². The summed E-state index contributed by atoms with van der Waals surface area (Å²) in [6.07, 6.45) is 3.11. The number of aromatic nitrogens is 3. The van der Waals surface area contributed by atoms with Crippen LogP contribution in [0.2, 0.25) is 0 Å². The highest BCUT2D eigenvalue weighted by atomic mass is 32.1. The van der Waals surface area contributed by atoms with Gasteiger partial charge in [0.2, 0.25) is 0 Å². The SMILES string of the molecule is CC1CCc2c(sc3nc4c5ccccc5c(N5CCN(CCO)CC5)nn4c(=O)c23)C1. The molecule has 7 nitrogen and oxygen atoms in total. The monoisotopic (exact) mass is 449 g/mol. The molecular formula is C24H27N5O2S. The van der Waals surface area contributed by atoms with Crippen molar-refractivity contribution in [1.82, 2.24) is 19.5 Å². The summed E-state index contributed by atoms with van der Waals surface area (Å²) in [7, 11) is 0. The first kappa shape index (κ1) is 20.1. The molecule has 2 aliphatic rings. The molecule has 4 aromatic rings. The molecule has 0 radical (unpaired) electrons. The summed E-state index contributed by atoms with van der Waals surface area (Å²) in [4.78, 5) is 25.4. The molecule has 1 atom stereocenters. The average Bonchev–Trinajstić information content (AvgIpc) is 3.17. The fourth-order valence-corrected chi connectivity index (χ4v) is 6.60. The van der Waals surface area contributed by atoms with Crippen molar-refractivity contribution in [3.8, 4) is 0 Å². The third-order valence-corrected chi connectivity index (χ3v) is 8.15. The molecule has 6 rings (SSSR count). The lowest BCUT2D eigenvalue weighted by molar-refractivity contribution is 0.188. The van der Waals surface area contributed by atoms with Crippen LogP contribution in [0.25, 0.3) is 26.6 Å². The molecule has 1 aromatic carbocycles. The molecule has 0 saturated carbocycles. The van der Waals surface area contributed by atoms with E-state index in [0.717, 1.165) is 72.2 Å². The largest absolute Gasteiger partial charge is 0.395 e. The van der Waals surface area contributed by atoms with E-state index in [-0.39, 0.29) is 12.2 Å². The van der Waals surface area contributed by atoms with Gasteiger partial charge in [0.25, 0.3) is 5.56 Å². The van der Waals surface area contributed by atoms with Gasteiger partial charge in [0.15, 0.2) is 11.5 Å². The van der Waals surface area contributed by atoms with E-state index in [0.29, 0.717) is 18.1 Å². The summed E-state index contributed by atoms with van der Waals surface area (Å²) in [5, 5.41) is 16.9. The smallest absolute Gasteiger partial charge is 0.283 e. The first-order chi connectivity index (χ1) is 15.6. The van der Waals surface area contributed by atoms with Gasteiger partial charge in [-0.2, -0.15) is 4.52 Å². The van der Waals surface area contributed by atoms with E-state index in [4.69, 9.17) is 10.1 Å². The third kappa shape index (κ3) is 3.12. The van der Waals surface area contributed by atoms with E-state index in [1.807, 2.05) is 18.2 Å². The molecule has 166 valence electrons. The van der Waals surface area contributed by atoms with E-state index >= 15 is 0 Å². The highest BCUT2D eigenvalue weighted by Crippen LogP contribution is 2.37. The first-order valence-corrected chi connectivity index (χ1v) is 12.3. The van der Waals surface area contributed by atoms with Crippen LogP contribution in [-0.4, -0.2) is 63.9 Å². The van der Waals surface area contributed by atoms with Gasteiger partial charge in [-0.3, -0.25) is 9.69 Å². The zero-order valence-corrected chi connectivity index (χ0v) is 19.1. The summed E-state index contributed by atoms with van der Waals surface area (Å²) in [5.74, 6) is 1.50. The van der Waals surface area contributed by atoms with Gasteiger partial charge in [-0.25, -0.2) is 4.98 Å². The van der Waals surface area contributed by atoms with Crippen molar-refractivity contribution < 1.29 is 5.11 Å². The third-order valence-electron chi connectivity index (χ3n) is 7.00. The van der Waals surface area contributed by atoms with Crippen molar-refractivity contribution in [2.75, 3.05) is 44.2 Å². The van der Waals surface area contributed by atoms with E-state index in [9.17, 15) is 9.90 Å². The molecule has 3 aromatic heterocycles. The second-order valence-corrected chi connectivity index (χ2v) is 10.2. The predicted octanol–water partition coefficient (Wildman–Crippen LogP) is 2.70. The number of piperazine rings is 1. The van der Waals surface area contributed by atoms with Gasteiger partial charge in [0, 0.05) is 48.4 Å². The number of β-amino-alcohol motifs (C(OH)–C–C–N with tert-alkyl or cyclic N) is 1. The van der Waals surface area contributed by atoms with Crippen LogP contribution in [0.4, 0.5) is 5.82 Å². The van der Waals surface area contributed by atoms with Crippen molar-refractivity contribution in [1.29, 1.82) is 0 Å². The lowest BCUT2D eigenvalue weighted by Crippen LogP contribution is -2.47. The molecule has 1 aliphatic heterocycles. The quantitative estimate of drug-likeness (QED) is 0.485. The highest BCUT2D eigenvalue weighted by Gasteiger charge is 2.26. The number of hydrogen-bond donors (Lipinski definition) is 1. The summed E-state index contributed by atoms with van der Waals surface area (Å²) in [6.45, 7) is 6.54. The van der Waals surface area contributed by atoms with Gasteiger partial charge in [0.05, 0.1) is 12.0 Å². The Morgan fingerprint density at radius 3 is 2.72 bits per heavy atom. The lowest BCUT2D eigenvalue weighted by atomic mass is 9.89. The minimum Gasteiger partial charge on any atom is -0.395 e. The number of aryl methyl sites for hydroxylation is 1. The standard InChI is InChI=1S/C24H27N5O2S/c1-15-6-7-18-19(14-15)32-23-20(18)24(31)29-21(25-23)16-4-2-3-5-17(16)22(26-29)28-10-8-27(9-11-28)12-13-30/h2-5,15,30H,6-14H2,1H3. The van der Waals surface area contributed by atoms with Crippen LogP contribution in [-0.2, 0) is 12.8 Å². The molecule has 32 heavy (non-hydrogen) atoms. The summed E-state index contributed by atoms with van der Waals surface area (Å²) >= 11 is 1.69. The molecule has 0 bridgehead atoms. The lowest BCUT2D eigenvalue weighted by Gasteiger charge is -2.35. The Balaban J connectivity index is 1.55. The van der Waals surface area contributed by atoms with E-state index in [2.05, 4.69) is 22.8 Å². The summed E-state index contributed by atoms with van der Waals surface area (Å²) in [5.41, 5.74) is 1.81. The average molecular weight is 450 g/mol. The molecule has 8 heteroatoms. The number of thiophene rings is 1. The maximum atomic E-state index is 13.7. The van der Waals surface area contributed by atoms with E-state index in [1.54, 1.807) is 15.9 Å². The second-order valence-electron chi connectivity index (χ2n) is 9.11. The fraction of sp³-hybridized carbons (Fsp3) is 0.458. The molecule has 1 saturated heterocycles. The Kier molecular flexibility index (Phi) is 4.89. The molecule has 1 aliphatic carbocycles. The Labute approximate surface area is 189 Å². The number of aliphatic hydroxyl groups excluding tert-OH is 1. The maximum Gasteiger partial charge on any atom is 0.283 e. The molecular weight excluding hydrogens is 422 g/mol. The van der Waals surface area contributed by atoms with Crippen LogP contribution in [0.3, 0.4) is 0 Å². The van der Waals surface area contributed by atoms with Gasteiger partial charge < -0.3 is 10.0 Å². The minimum atomic E-state index is -0.0389. The Hall–Kier alpha value is -2.55. The van der Waals surface area contributed by atoms with Crippen molar-refractivity contribution in [3.63, 3.8) is 0 Å². The van der Waals surface area contributed by atoms with Crippen molar-refractivity contribution in [2.24, 2.45) is 5.92 Å². The van der Waals surface area contributed by atoms with Crippen molar-refractivity contribution in [2.45, 2.75) is 26.2 Å². The first-order valence-electron chi connectivity index (χ1n) is 11.5. The van der Waals surface area contributed by atoms with Crippen molar-refractivity contribution >= 4 is 43.8 Å². The Morgan fingerprint density at radius 1 is 1.16 bits per heavy atom. The fourth-order valence-electron chi connectivity index (χ4n) is 5.23. The summed E-state index contributed by atoms with van der Waals surface area (Å²) < 4.78 is 1.55. The minimum absolute atomic E-state index is 0.0389. The predicted molar refractivity (Wildman–Crippen MR) is 129 cm³/mol. The van der Waals surface area contributed by atoms with E-state index in [1.165, 1.54) is 10.4 Å². The number of fused-ring (bicyclic) bond motifs is 6. The van der Waals surface area contributed by atoms with Crippen LogP contribution in [0.1, 0.15) is 23.8 Å². The number of aliphatic hydroxyl groups is 1. The van der Waals surface area contributed by atoms with Crippen LogP contribution >= 0.6 is 11.3 Å². The van der Waals surface area contributed by atoms with Crippen LogP contribution in [0, 0.1) is 5.92 Å². The molecule has 1 fully saturated rings. The van der Waals surface area contributed by atoms with Gasteiger partial charge in [-0.1, -0.05) is 31.2 Å². The number of rotatable bonds is 3. The number of hydrogen-bond acceptors (Lipinski definition) is 7. The van der Waals surface area contributed by atoms with Gasteiger partial charge >= 0.3 is 0 Å². The van der Waals surface area contributed by atoms with Gasteiger partial charge in [0.1, 0.15) is 4.83 Å². The summed E-state index contributed by atoms with van der Waals surface area (Å²) in [6, 6.07) is 8.15. The topological polar surface area (TPSA) is 74.0 Å². The van der Waals surface area contributed by atoms with Crippen LogP contribution in [0.5, 0.6) is 0 Å². The molecule has 1 N–H and O–H groups in total. The molecule has 0 spiro atoms. The molecule has 4 heterocycles. The van der Waals surface area contributed by atoms with E-state index < -0.39 is 0 Å². The molecule has 1 unspecified atom stereocenters. The zero-order valence-electron chi connectivity index (χ0n) is 18.3.